The van der Waals surface area contributed by atoms with Crippen LogP contribution in [-0.2, 0) is 0 Å². The molecule has 1 unspecified atom stereocenters. The van der Waals surface area contributed by atoms with Crippen LogP contribution in [0.1, 0.15) is 30.6 Å². The quantitative estimate of drug-likeness (QED) is 0.661. The summed E-state index contributed by atoms with van der Waals surface area (Å²) in [6.45, 7) is 6.00. The van der Waals surface area contributed by atoms with Crippen LogP contribution in [0.4, 0.5) is 5.82 Å². The Balaban J connectivity index is 0.00000102. The first kappa shape index (κ1) is 18.8. The van der Waals surface area contributed by atoms with Crippen LogP contribution >= 0.6 is 0 Å². The minimum Gasteiger partial charge on any atom is -0.366 e. The molecule has 1 amide bonds. The maximum absolute atomic E-state index is 11.8. The lowest BCUT2D eigenvalue weighted by atomic mass is 10.2. The highest BCUT2D eigenvalue weighted by Crippen LogP contribution is 2.21. The SMILES string of the molecule is CC.CNC(=O)c1ccn2c(-c3cccc(NC4CCNC4)n3)cnc2c1. The Morgan fingerprint density at radius 3 is 2.89 bits per heavy atom. The average molecular weight is 366 g/mol. The summed E-state index contributed by atoms with van der Waals surface area (Å²) in [5, 5.41) is 9.43. The normalized spacial score (nSPS) is 15.9. The fourth-order valence-corrected chi connectivity index (χ4v) is 3.10. The van der Waals surface area contributed by atoms with Gasteiger partial charge in [0.15, 0.2) is 0 Å². The molecule has 1 aliphatic heterocycles. The van der Waals surface area contributed by atoms with Gasteiger partial charge < -0.3 is 16.0 Å². The third-order valence-electron chi connectivity index (χ3n) is 4.43. The third-order valence-corrected chi connectivity index (χ3v) is 4.43. The summed E-state index contributed by atoms with van der Waals surface area (Å²) < 4.78 is 1.94. The molecule has 0 bridgehead atoms. The van der Waals surface area contributed by atoms with Gasteiger partial charge >= 0.3 is 0 Å². The van der Waals surface area contributed by atoms with Crippen LogP contribution in [0.3, 0.4) is 0 Å². The van der Waals surface area contributed by atoms with Gasteiger partial charge in [-0.3, -0.25) is 9.20 Å². The molecule has 142 valence electrons. The number of carbonyl (C=O) groups is 1. The summed E-state index contributed by atoms with van der Waals surface area (Å²) in [5.41, 5.74) is 3.04. The molecule has 27 heavy (non-hydrogen) atoms. The van der Waals surface area contributed by atoms with E-state index in [0.29, 0.717) is 11.6 Å². The first-order chi connectivity index (χ1) is 13.2. The number of hydrogen-bond donors (Lipinski definition) is 3. The number of rotatable bonds is 4. The van der Waals surface area contributed by atoms with E-state index in [0.717, 1.165) is 42.4 Å². The zero-order valence-corrected chi connectivity index (χ0v) is 16.0. The molecule has 3 aromatic rings. The minimum absolute atomic E-state index is 0.124. The van der Waals surface area contributed by atoms with Crippen LogP contribution in [0.5, 0.6) is 0 Å². The van der Waals surface area contributed by atoms with Gasteiger partial charge in [-0.25, -0.2) is 9.97 Å². The van der Waals surface area contributed by atoms with Gasteiger partial charge in [0.2, 0.25) is 0 Å². The van der Waals surface area contributed by atoms with Gasteiger partial charge in [-0.15, -0.1) is 0 Å². The van der Waals surface area contributed by atoms with Crippen LogP contribution in [-0.4, -0.2) is 46.5 Å². The molecule has 3 N–H and O–H groups in total. The maximum atomic E-state index is 11.8. The number of nitrogens with zero attached hydrogens (tertiary/aromatic N) is 3. The van der Waals surface area contributed by atoms with Crippen molar-refractivity contribution in [1.82, 2.24) is 25.0 Å². The van der Waals surface area contributed by atoms with Crippen molar-refractivity contribution in [2.24, 2.45) is 0 Å². The maximum Gasteiger partial charge on any atom is 0.251 e. The largest absolute Gasteiger partial charge is 0.366 e. The molecule has 0 aromatic carbocycles. The first-order valence-corrected chi connectivity index (χ1v) is 9.38. The Labute approximate surface area is 159 Å². The molecule has 1 saturated heterocycles. The lowest BCUT2D eigenvalue weighted by Gasteiger charge is -2.12. The zero-order chi connectivity index (χ0) is 19.2. The van der Waals surface area contributed by atoms with Gasteiger partial charge in [0.1, 0.15) is 11.5 Å². The van der Waals surface area contributed by atoms with Crippen molar-refractivity contribution < 1.29 is 4.79 Å². The smallest absolute Gasteiger partial charge is 0.251 e. The number of anilines is 1. The second-order valence-electron chi connectivity index (χ2n) is 6.11. The summed E-state index contributed by atoms with van der Waals surface area (Å²) >= 11 is 0. The van der Waals surface area contributed by atoms with E-state index in [4.69, 9.17) is 4.98 Å². The molecule has 0 aliphatic carbocycles. The molecule has 0 radical (unpaired) electrons. The number of nitrogens with one attached hydrogen (secondary N) is 3. The molecule has 1 atom stereocenters. The highest BCUT2D eigenvalue weighted by atomic mass is 16.1. The summed E-state index contributed by atoms with van der Waals surface area (Å²) in [6, 6.07) is 9.91. The zero-order valence-electron chi connectivity index (χ0n) is 16.0. The molecule has 7 nitrogen and oxygen atoms in total. The second kappa shape index (κ2) is 8.64. The summed E-state index contributed by atoms with van der Waals surface area (Å²) in [5.74, 6) is 0.740. The molecule has 3 aromatic heterocycles. The standard InChI is InChI=1S/C18H20N6O.C2H6/c1-19-18(25)12-6-8-24-15(11-21-17(24)9-12)14-3-2-4-16(23-14)22-13-5-7-20-10-13;1-2/h2-4,6,8-9,11,13,20H,5,7,10H2,1H3,(H,19,25)(H,22,23);1-2H3. The van der Waals surface area contributed by atoms with E-state index < -0.39 is 0 Å². The Hall–Kier alpha value is -2.93. The molecule has 4 heterocycles. The van der Waals surface area contributed by atoms with E-state index in [1.165, 1.54) is 0 Å². The molecule has 1 fully saturated rings. The number of imidazole rings is 1. The van der Waals surface area contributed by atoms with Crippen molar-refractivity contribution in [3.8, 4) is 11.4 Å². The van der Waals surface area contributed by atoms with E-state index in [1.807, 2.05) is 42.6 Å². The number of carbonyl (C=O) groups excluding carboxylic acids is 1. The lowest BCUT2D eigenvalue weighted by molar-refractivity contribution is 0.0963. The van der Waals surface area contributed by atoms with Gasteiger partial charge in [0.25, 0.3) is 5.91 Å². The number of aromatic nitrogens is 3. The van der Waals surface area contributed by atoms with Gasteiger partial charge in [-0.2, -0.15) is 0 Å². The van der Waals surface area contributed by atoms with Crippen molar-refractivity contribution in [3.63, 3.8) is 0 Å². The molecular weight excluding hydrogens is 340 g/mol. The van der Waals surface area contributed by atoms with Crippen LogP contribution in [0.2, 0.25) is 0 Å². The topological polar surface area (TPSA) is 83.4 Å². The molecule has 7 heteroatoms. The van der Waals surface area contributed by atoms with E-state index in [9.17, 15) is 4.79 Å². The summed E-state index contributed by atoms with van der Waals surface area (Å²) in [4.78, 5) is 20.9. The van der Waals surface area contributed by atoms with E-state index in [1.54, 1.807) is 25.4 Å². The summed E-state index contributed by atoms with van der Waals surface area (Å²) in [7, 11) is 1.62. The van der Waals surface area contributed by atoms with Crippen LogP contribution in [0, 0.1) is 0 Å². The van der Waals surface area contributed by atoms with Gasteiger partial charge in [-0.1, -0.05) is 19.9 Å². The Bertz CT molecular complexity index is 914. The van der Waals surface area contributed by atoms with Gasteiger partial charge in [0, 0.05) is 31.4 Å². The Kier molecular flexibility index (Phi) is 6.03. The molecular formula is C20H26N6O. The van der Waals surface area contributed by atoms with Crippen molar-refractivity contribution >= 4 is 17.4 Å². The number of pyridine rings is 2. The minimum atomic E-state index is -0.124. The highest BCUT2D eigenvalue weighted by Gasteiger charge is 2.15. The van der Waals surface area contributed by atoms with Crippen molar-refractivity contribution in [2.75, 3.05) is 25.5 Å². The fourth-order valence-electron chi connectivity index (χ4n) is 3.10. The monoisotopic (exact) mass is 366 g/mol. The molecule has 0 saturated carbocycles. The van der Waals surface area contributed by atoms with E-state index in [2.05, 4.69) is 20.9 Å². The van der Waals surface area contributed by atoms with Crippen molar-refractivity contribution in [3.05, 3.63) is 48.3 Å². The summed E-state index contributed by atoms with van der Waals surface area (Å²) in [6.07, 6.45) is 4.74. The number of amides is 1. The van der Waals surface area contributed by atoms with Crippen LogP contribution in [0.15, 0.2) is 42.7 Å². The van der Waals surface area contributed by atoms with Crippen LogP contribution < -0.4 is 16.0 Å². The Morgan fingerprint density at radius 2 is 2.15 bits per heavy atom. The van der Waals surface area contributed by atoms with E-state index in [-0.39, 0.29) is 5.91 Å². The molecule has 4 rings (SSSR count). The predicted molar refractivity (Wildman–Crippen MR) is 108 cm³/mol. The molecule has 0 spiro atoms. The fraction of sp³-hybridized carbons (Fsp3) is 0.350. The van der Waals surface area contributed by atoms with Crippen LogP contribution in [0.25, 0.3) is 17.0 Å². The lowest BCUT2D eigenvalue weighted by Crippen LogP contribution is -2.22. The first-order valence-electron chi connectivity index (χ1n) is 9.38. The van der Waals surface area contributed by atoms with E-state index >= 15 is 0 Å². The number of fused-ring (bicyclic) bond motifs is 1. The average Bonchev–Trinajstić information content (AvgIpc) is 3.38. The predicted octanol–water partition coefficient (Wildman–Crippen LogP) is 2.56. The Morgan fingerprint density at radius 1 is 1.30 bits per heavy atom. The second-order valence-corrected chi connectivity index (χ2v) is 6.11. The van der Waals surface area contributed by atoms with Crippen molar-refractivity contribution in [1.29, 1.82) is 0 Å². The van der Waals surface area contributed by atoms with Gasteiger partial charge in [-0.05, 0) is 37.2 Å². The molecule has 1 aliphatic rings. The van der Waals surface area contributed by atoms with Gasteiger partial charge in [0.05, 0.1) is 17.6 Å². The highest BCUT2D eigenvalue weighted by molar-refractivity contribution is 5.94. The van der Waals surface area contributed by atoms with Crippen molar-refractivity contribution in [2.45, 2.75) is 26.3 Å². The third kappa shape index (κ3) is 4.09. The number of hydrogen-bond acceptors (Lipinski definition) is 5.